The number of nitriles is 1. The minimum Gasteiger partial charge on any atom is -0.368 e. The Hall–Kier alpha value is -0.270. The Balaban J connectivity index is 3.70. The van der Waals surface area contributed by atoms with Crippen molar-refractivity contribution in [2.24, 2.45) is 0 Å². The highest BCUT2D eigenvalue weighted by atomic mass is 32.1. The lowest BCUT2D eigenvalue weighted by molar-refractivity contribution is 0.526. The molecular formula is C8H14N2S2. The van der Waals surface area contributed by atoms with Crippen LogP contribution in [0.2, 0.25) is 0 Å². The lowest BCUT2D eigenvalue weighted by Crippen LogP contribution is -2.30. The minimum absolute atomic E-state index is 0.319. The molecule has 0 aliphatic heterocycles. The Morgan fingerprint density at radius 1 is 1.67 bits per heavy atom. The number of nitrogens with zero attached hydrogens (tertiary/aromatic N) is 1. The Kier molecular flexibility index (Phi) is 7.22. The van der Waals surface area contributed by atoms with Crippen LogP contribution in [-0.4, -0.2) is 10.4 Å². The summed E-state index contributed by atoms with van der Waals surface area (Å²) in [5, 5.41) is 11.4. The Morgan fingerprint density at radius 2 is 2.33 bits per heavy atom. The van der Waals surface area contributed by atoms with E-state index in [1.807, 2.05) is 0 Å². The average molecular weight is 202 g/mol. The van der Waals surface area contributed by atoms with Crippen LogP contribution in [0.25, 0.3) is 0 Å². The molecule has 68 valence electrons. The van der Waals surface area contributed by atoms with Crippen LogP contribution in [0.3, 0.4) is 0 Å². The van der Waals surface area contributed by atoms with Crippen molar-refractivity contribution < 1.29 is 0 Å². The molecule has 1 unspecified atom stereocenters. The summed E-state index contributed by atoms with van der Waals surface area (Å²) >= 11 is 8.80. The summed E-state index contributed by atoms with van der Waals surface area (Å²) < 4.78 is 0.520. The van der Waals surface area contributed by atoms with Gasteiger partial charge in [-0.3, -0.25) is 0 Å². The molecule has 0 aromatic carbocycles. The molecule has 1 atom stereocenters. The van der Waals surface area contributed by atoms with E-state index in [-0.39, 0.29) is 0 Å². The largest absolute Gasteiger partial charge is 0.368 e. The van der Waals surface area contributed by atoms with Crippen LogP contribution in [0.15, 0.2) is 0 Å². The van der Waals surface area contributed by atoms with Crippen molar-refractivity contribution in [1.29, 1.82) is 5.26 Å². The Labute approximate surface area is 84.8 Å². The van der Waals surface area contributed by atoms with Gasteiger partial charge in [0.25, 0.3) is 0 Å². The van der Waals surface area contributed by atoms with E-state index in [1.54, 1.807) is 0 Å². The maximum atomic E-state index is 8.39. The van der Waals surface area contributed by atoms with Gasteiger partial charge in [0.05, 0.1) is 6.07 Å². The minimum atomic E-state index is 0.319. The van der Waals surface area contributed by atoms with Crippen molar-refractivity contribution in [3.8, 4) is 6.07 Å². The first kappa shape index (κ1) is 11.7. The summed E-state index contributed by atoms with van der Waals surface area (Å²) in [7, 11) is 0. The van der Waals surface area contributed by atoms with Gasteiger partial charge >= 0.3 is 0 Å². The standard InChI is InChI=1S/C8H14N2S2/c1-2-4-7(5-3-6-9)10-8(11)12/h7H,2-5H2,1H3,(H2,10,11,12). The smallest absolute Gasteiger partial charge is 0.130 e. The van der Waals surface area contributed by atoms with E-state index in [9.17, 15) is 0 Å². The van der Waals surface area contributed by atoms with E-state index >= 15 is 0 Å². The molecule has 0 aromatic rings. The molecule has 0 rings (SSSR count). The quantitative estimate of drug-likeness (QED) is 0.530. The molecule has 0 aromatic heterocycles. The average Bonchev–Trinajstić information content (AvgIpc) is 2.00. The fourth-order valence-corrected chi connectivity index (χ4v) is 1.40. The fourth-order valence-electron chi connectivity index (χ4n) is 1.05. The SMILES string of the molecule is CCCC(CCC#N)NC(=S)S. The van der Waals surface area contributed by atoms with E-state index in [0.717, 1.165) is 19.3 Å². The molecule has 1 N–H and O–H groups in total. The Bertz CT molecular complexity index is 174. The first-order valence-corrected chi connectivity index (χ1v) is 4.92. The fraction of sp³-hybridized carbons (Fsp3) is 0.750. The topological polar surface area (TPSA) is 35.8 Å². The third-order valence-corrected chi connectivity index (χ3v) is 1.82. The molecule has 0 amide bonds. The molecule has 0 bridgehead atoms. The summed E-state index contributed by atoms with van der Waals surface area (Å²) in [6, 6.07) is 2.44. The lowest BCUT2D eigenvalue weighted by Gasteiger charge is -2.15. The lowest BCUT2D eigenvalue weighted by atomic mass is 10.1. The van der Waals surface area contributed by atoms with Gasteiger partial charge in [-0.15, -0.1) is 12.6 Å². The van der Waals surface area contributed by atoms with Crippen LogP contribution in [0.5, 0.6) is 0 Å². The van der Waals surface area contributed by atoms with Gasteiger partial charge in [0, 0.05) is 12.5 Å². The highest BCUT2D eigenvalue weighted by molar-refractivity contribution is 8.11. The molecule has 0 fully saturated rings. The number of thiol groups is 1. The maximum Gasteiger partial charge on any atom is 0.130 e. The predicted octanol–water partition coefficient (Wildman–Crippen LogP) is 2.26. The molecule has 0 saturated carbocycles. The second-order valence-electron chi connectivity index (χ2n) is 2.63. The van der Waals surface area contributed by atoms with Gasteiger partial charge in [-0.25, -0.2) is 0 Å². The van der Waals surface area contributed by atoms with Crippen LogP contribution >= 0.6 is 24.8 Å². The summed E-state index contributed by atoms with van der Waals surface area (Å²) in [4.78, 5) is 0. The predicted molar refractivity (Wildman–Crippen MR) is 58.3 cm³/mol. The third-order valence-electron chi connectivity index (χ3n) is 1.57. The zero-order chi connectivity index (χ0) is 9.40. The van der Waals surface area contributed by atoms with Crippen molar-refractivity contribution in [2.75, 3.05) is 0 Å². The van der Waals surface area contributed by atoms with Gasteiger partial charge < -0.3 is 5.32 Å². The van der Waals surface area contributed by atoms with Crippen LogP contribution in [0.4, 0.5) is 0 Å². The molecule has 0 aliphatic carbocycles. The van der Waals surface area contributed by atoms with Crippen molar-refractivity contribution in [3.05, 3.63) is 0 Å². The summed E-state index contributed by atoms with van der Waals surface area (Å²) in [6.45, 7) is 2.11. The first-order valence-electron chi connectivity index (χ1n) is 4.07. The van der Waals surface area contributed by atoms with Crippen LogP contribution in [0.1, 0.15) is 32.6 Å². The second kappa shape index (κ2) is 7.38. The number of nitrogens with one attached hydrogen (secondary N) is 1. The summed E-state index contributed by atoms with van der Waals surface area (Å²) in [5.74, 6) is 0. The van der Waals surface area contributed by atoms with E-state index < -0.39 is 0 Å². The Morgan fingerprint density at radius 3 is 2.75 bits per heavy atom. The summed E-state index contributed by atoms with van der Waals surface area (Å²) in [5.41, 5.74) is 0. The van der Waals surface area contributed by atoms with Gasteiger partial charge in [0.2, 0.25) is 0 Å². The summed E-state index contributed by atoms with van der Waals surface area (Å²) in [6.07, 6.45) is 3.57. The molecule has 12 heavy (non-hydrogen) atoms. The van der Waals surface area contributed by atoms with Gasteiger partial charge in [0.1, 0.15) is 4.32 Å². The number of hydrogen-bond acceptors (Lipinski definition) is 2. The van der Waals surface area contributed by atoms with E-state index in [1.165, 1.54) is 0 Å². The zero-order valence-corrected chi connectivity index (χ0v) is 8.92. The maximum absolute atomic E-state index is 8.39. The van der Waals surface area contributed by atoms with Crippen molar-refractivity contribution in [2.45, 2.75) is 38.6 Å². The van der Waals surface area contributed by atoms with Crippen molar-refractivity contribution >= 4 is 29.2 Å². The van der Waals surface area contributed by atoms with E-state index in [4.69, 9.17) is 17.5 Å². The molecule has 2 nitrogen and oxygen atoms in total. The van der Waals surface area contributed by atoms with Crippen LogP contribution < -0.4 is 5.32 Å². The first-order chi connectivity index (χ1) is 5.70. The van der Waals surface area contributed by atoms with Crippen molar-refractivity contribution in [3.63, 3.8) is 0 Å². The molecular weight excluding hydrogens is 188 g/mol. The second-order valence-corrected chi connectivity index (χ2v) is 3.79. The van der Waals surface area contributed by atoms with Crippen molar-refractivity contribution in [1.82, 2.24) is 5.32 Å². The molecule has 0 heterocycles. The van der Waals surface area contributed by atoms with Crippen LogP contribution in [0, 0.1) is 11.3 Å². The molecule has 0 spiro atoms. The number of hydrogen-bond donors (Lipinski definition) is 2. The monoisotopic (exact) mass is 202 g/mol. The number of thiocarbonyl (C=S) groups is 1. The zero-order valence-electron chi connectivity index (χ0n) is 7.21. The van der Waals surface area contributed by atoms with Gasteiger partial charge in [-0.1, -0.05) is 25.6 Å². The molecule has 0 saturated heterocycles. The van der Waals surface area contributed by atoms with Gasteiger partial charge in [-0.05, 0) is 12.8 Å². The van der Waals surface area contributed by atoms with Gasteiger partial charge in [0.15, 0.2) is 0 Å². The van der Waals surface area contributed by atoms with E-state index in [2.05, 4.69) is 30.9 Å². The normalized spacial score (nSPS) is 11.8. The number of rotatable bonds is 5. The molecule has 4 heteroatoms. The third kappa shape index (κ3) is 6.44. The molecule has 0 radical (unpaired) electrons. The highest BCUT2D eigenvalue weighted by Crippen LogP contribution is 2.04. The highest BCUT2D eigenvalue weighted by Gasteiger charge is 2.06. The molecule has 0 aliphatic rings. The van der Waals surface area contributed by atoms with Crippen LogP contribution in [-0.2, 0) is 0 Å². The van der Waals surface area contributed by atoms with E-state index in [0.29, 0.717) is 16.8 Å². The van der Waals surface area contributed by atoms with Gasteiger partial charge in [-0.2, -0.15) is 5.26 Å².